The highest BCUT2D eigenvalue weighted by Gasteiger charge is 2.44. The molecule has 3 aromatic rings. The van der Waals surface area contributed by atoms with Gasteiger partial charge in [0.1, 0.15) is 17.1 Å². The molecule has 0 saturated heterocycles. The van der Waals surface area contributed by atoms with E-state index in [-0.39, 0.29) is 23.4 Å². The standard InChI is InChI=1S/C29H30O4/c1-28(2,3)23-16-10-11-17-25(23)32-26-24(30)20-29(33-27(26)31,22-14-8-5-9-15-22)19-18-21-12-6-4-7-13-21/h4-17,30H,18-20H2,1-3H3. The van der Waals surface area contributed by atoms with Gasteiger partial charge in [0.15, 0.2) is 0 Å². The molecule has 4 nitrogen and oxygen atoms in total. The number of hydrogen-bond acceptors (Lipinski definition) is 4. The maximum absolute atomic E-state index is 13.2. The van der Waals surface area contributed by atoms with E-state index in [1.54, 1.807) is 0 Å². The summed E-state index contributed by atoms with van der Waals surface area (Å²) in [6.45, 7) is 6.23. The van der Waals surface area contributed by atoms with Crippen LogP contribution < -0.4 is 4.74 Å². The first-order chi connectivity index (χ1) is 15.8. The molecule has 0 fully saturated rings. The van der Waals surface area contributed by atoms with Crippen LogP contribution in [-0.4, -0.2) is 11.1 Å². The molecular weight excluding hydrogens is 412 g/mol. The number of ether oxygens (including phenoxy) is 2. The maximum atomic E-state index is 13.2. The Kier molecular flexibility index (Phi) is 6.28. The summed E-state index contributed by atoms with van der Waals surface area (Å²) in [5, 5.41) is 11.0. The van der Waals surface area contributed by atoms with Crippen LogP contribution in [0.3, 0.4) is 0 Å². The van der Waals surface area contributed by atoms with E-state index in [4.69, 9.17) is 9.47 Å². The normalized spacial score (nSPS) is 18.7. The van der Waals surface area contributed by atoms with Gasteiger partial charge in [0.2, 0.25) is 5.76 Å². The van der Waals surface area contributed by atoms with Crippen molar-refractivity contribution in [2.24, 2.45) is 0 Å². The van der Waals surface area contributed by atoms with E-state index in [1.165, 1.54) is 0 Å². The van der Waals surface area contributed by atoms with Crippen LogP contribution in [-0.2, 0) is 27.0 Å². The Morgan fingerprint density at radius 1 is 0.909 bits per heavy atom. The predicted molar refractivity (Wildman–Crippen MR) is 129 cm³/mol. The third kappa shape index (κ3) is 4.95. The zero-order valence-corrected chi connectivity index (χ0v) is 19.4. The Balaban J connectivity index is 1.67. The van der Waals surface area contributed by atoms with Crippen molar-refractivity contribution in [2.75, 3.05) is 0 Å². The summed E-state index contributed by atoms with van der Waals surface area (Å²) in [6.07, 6.45) is 1.41. The molecule has 4 heteroatoms. The Morgan fingerprint density at radius 2 is 1.52 bits per heavy atom. The number of benzene rings is 3. The molecule has 0 bridgehead atoms. The monoisotopic (exact) mass is 442 g/mol. The molecular formula is C29H30O4. The number of rotatable bonds is 6. The summed E-state index contributed by atoms with van der Waals surface area (Å²) < 4.78 is 12.1. The molecule has 3 aromatic carbocycles. The lowest BCUT2D eigenvalue weighted by Gasteiger charge is -2.37. The molecule has 1 N–H and O–H groups in total. The number of carbonyl (C=O) groups is 1. The van der Waals surface area contributed by atoms with E-state index in [1.807, 2.05) is 72.8 Å². The number of cyclic esters (lactones) is 1. The number of para-hydroxylation sites is 1. The second-order valence-corrected chi connectivity index (χ2v) is 9.54. The van der Waals surface area contributed by atoms with Gasteiger partial charge in [-0.05, 0) is 35.4 Å². The zero-order valence-electron chi connectivity index (χ0n) is 19.4. The van der Waals surface area contributed by atoms with Crippen molar-refractivity contribution < 1.29 is 19.4 Å². The fourth-order valence-electron chi connectivity index (χ4n) is 4.29. The Hall–Kier alpha value is -3.53. The van der Waals surface area contributed by atoms with Crippen molar-refractivity contribution in [1.82, 2.24) is 0 Å². The fourth-order valence-corrected chi connectivity index (χ4v) is 4.29. The molecule has 1 unspecified atom stereocenters. The van der Waals surface area contributed by atoms with Gasteiger partial charge in [0, 0.05) is 5.56 Å². The molecule has 0 aliphatic carbocycles. The largest absolute Gasteiger partial charge is 0.508 e. The van der Waals surface area contributed by atoms with Crippen molar-refractivity contribution in [2.45, 2.75) is 51.0 Å². The molecule has 1 atom stereocenters. The van der Waals surface area contributed by atoms with Crippen molar-refractivity contribution in [3.8, 4) is 5.75 Å². The molecule has 0 radical (unpaired) electrons. The minimum Gasteiger partial charge on any atom is -0.508 e. The van der Waals surface area contributed by atoms with E-state index in [9.17, 15) is 9.90 Å². The molecule has 1 aliphatic rings. The lowest BCUT2D eigenvalue weighted by atomic mass is 9.82. The molecule has 33 heavy (non-hydrogen) atoms. The highest BCUT2D eigenvalue weighted by molar-refractivity contribution is 5.89. The van der Waals surface area contributed by atoms with E-state index in [0.29, 0.717) is 18.6 Å². The first kappa shape index (κ1) is 22.7. The number of aliphatic hydroxyl groups excluding tert-OH is 1. The SMILES string of the molecule is CC(C)(C)c1ccccc1OC1=C(O)CC(CCc2ccccc2)(c2ccccc2)OC1=O. The molecule has 0 aromatic heterocycles. The van der Waals surface area contributed by atoms with Crippen LogP contribution in [0.1, 0.15) is 50.3 Å². The van der Waals surface area contributed by atoms with Gasteiger partial charge in [-0.15, -0.1) is 0 Å². The average Bonchev–Trinajstić information content (AvgIpc) is 2.81. The van der Waals surface area contributed by atoms with Crippen LogP contribution in [0.25, 0.3) is 0 Å². The van der Waals surface area contributed by atoms with Crippen molar-refractivity contribution >= 4 is 5.97 Å². The number of esters is 1. The Morgan fingerprint density at radius 3 is 2.15 bits per heavy atom. The second-order valence-electron chi connectivity index (χ2n) is 9.54. The van der Waals surface area contributed by atoms with E-state index in [2.05, 4.69) is 32.9 Å². The topological polar surface area (TPSA) is 55.8 Å². The molecule has 170 valence electrons. The van der Waals surface area contributed by atoms with Crippen LogP contribution in [0.5, 0.6) is 5.75 Å². The third-order valence-corrected chi connectivity index (χ3v) is 6.06. The minimum absolute atomic E-state index is 0.0909. The summed E-state index contributed by atoms with van der Waals surface area (Å²) in [5.41, 5.74) is 1.80. The van der Waals surface area contributed by atoms with Gasteiger partial charge in [0.05, 0.1) is 6.42 Å². The Labute approximate surface area is 195 Å². The summed E-state index contributed by atoms with van der Waals surface area (Å²) in [7, 11) is 0. The summed E-state index contributed by atoms with van der Waals surface area (Å²) in [4.78, 5) is 13.2. The smallest absolute Gasteiger partial charge is 0.378 e. The highest BCUT2D eigenvalue weighted by Crippen LogP contribution is 2.42. The molecule has 4 rings (SSSR count). The first-order valence-corrected chi connectivity index (χ1v) is 11.3. The maximum Gasteiger partial charge on any atom is 0.378 e. The van der Waals surface area contributed by atoms with Crippen LogP contribution in [0.2, 0.25) is 0 Å². The summed E-state index contributed by atoms with van der Waals surface area (Å²) in [6, 6.07) is 27.3. The summed E-state index contributed by atoms with van der Waals surface area (Å²) in [5.74, 6) is -0.343. The molecule has 1 heterocycles. The lowest BCUT2D eigenvalue weighted by Crippen LogP contribution is -2.39. The predicted octanol–water partition coefficient (Wildman–Crippen LogP) is 6.61. The number of carbonyl (C=O) groups excluding carboxylic acids is 1. The lowest BCUT2D eigenvalue weighted by molar-refractivity contribution is -0.165. The molecule has 1 aliphatic heterocycles. The van der Waals surface area contributed by atoms with Gasteiger partial charge in [-0.3, -0.25) is 0 Å². The third-order valence-electron chi connectivity index (χ3n) is 6.06. The molecule has 0 saturated carbocycles. The van der Waals surface area contributed by atoms with E-state index < -0.39 is 11.6 Å². The van der Waals surface area contributed by atoms with Gasteiger partial charge in [-0.2, -0.15) is 0 Å². The second kappa shape index (κ2) is 9.14. The van der Waals surface area contributed by atoms with Crippen LogP contribution in [0.15, 0.2) is 96.4 Å². The van der Waals surface area contributed by atoms with Gasteiger partial charge in [-0.25, -0.2) is 4.79 Å². The van der Waals surface area contributed by atoms with Gasteiger partial charge < -0.3 is 14.6 Å². The van der Waals surface area contributed by atoms with Crippen LogP contribution >= 0.6 is 0 Å². The van der Waals surface area contributed by atoms with Crippen molar-refractivity contribution in [3.63, 3.8) is 0 Å². The van der Waals surface area contributed by atoms with Crippen molar-refractivity contribution in [3.05, 3.63) is 113 Å². The van der Waals surface area contributed by atoms with E-state index in [0.717, 1.165) is 16.7 Å². The van der Waals surface area contributed by atoms with Crippen LogP contribution in [0, 0.1) is 0 Å². The molecule has 0 amide bonds. The van der Waals surface area contributed by atoms with Crippen LogP contribution in [0.4, 0.5) is 0 Å². The minimum atomic E-state index is -0.964. The van der Waals surface area contributed by atoms with Gasteiger partial charge in [-0.1, -0.05) is 99.6 Å². The summed E-state index contributed by atoms with van der Waals surface area (Å²) >= 11 is 0. The number of aryl methyl sites for hydroxylation is 1. The fraction of sp³-hybridized carbons (Fsp3) is 0.276. The first-order valence-electron chi connectivity index (χ1n) is 11.3. The van der Waals surface area contributed by atoms with Crippen molar-refractivity contribution in [1.29, 1.82) is 0 Å². The quantitative estimate of drug-likeness (QED) is 0.437. The number of hydrogen-bond donors (Lipinski definition) is 1. The van der Waals surface area contributed by atoms with E-state index >= 15 is 0 Å². The molecule has 0 spiro atoms. The number of aliphatic hydroxyl groups is 1. The average molecular weight is 443 g/mol. The Bertz CT molecular complexity index is 1140. The van der Waals surface area contributed by atoms with Gasteiger partial charge >= 0.3 is 5.97 Å². The van der Waals surface area contributed by atoms with Gasteiger partial charge in [0.25, 0.3) is 0 Å². The zero-order chi connectivity index (χ0) is 23.5. The highest BCUT2D eigenvalue weighted by atomic mass is 16.6.